The lowest BCUT2D eigenvalue weighted by Gasteiger charge is -2.27. The third kappa shape index (κ3) is 4.07. The average molecular weight is 187 g/mol. The molecule has 0 aromatic carbocycles. The summed E-state index contributed by atoms with van der Waals surface area (Å²) in [5, 5.41) is 12.4. The lowest BCUT2D eigenvalue weighted by molar-refractivity contribution is 0.0405. The van der Waals surface area contributed by atoms with Crippen LogP contribution in [0.2, 0.25) is 0 Å². The minimum Gasteiger partial charge on any atom is -0.394 e. The van der Waals surface area contributed by atoms with Gasteiger partial charge in [-0.1, -0.05) is 6.92 Å². The Morgan fingerprint density at radius 1 is 1.54 bits per heavy atom. The van der Waals surface area contributed by atoms with E-state index in [2.05, 4.69) is 5.32 Å². The summed E-state index contributed by atoms with van der Waals surface area (Å²) in [6.45, 7) is 6.49. The molecular weight excluding hydrogens is 166 g/mol. The molecule has 0 amide bonds. The van der Waals surface area contributed by atoms with E-state index in [4.69, 9.17) is 9.84 Å². The first-order chi connectivity index (χ1) is 6.20. The molecule has 1 aliphatic rings. The van der Waals surface area contributed by atoms with Crippen LogP contribution in [0.25, 0.3) is 0 Å². The molecule has 3 heteroatoms. The number of rotatable bonds is 7. The van der Waals surface area contributed by atoms with Crippen LogP contribution in [0.4, 0.5) is 0 Å². The van der Waals surface area contributed by atoms with Gasteiger partial charge in [0.25, 0.3) is 0 Å². The predicted octanol–water partition coefficient (Wildman–Crippen LogP) is 0.773. The van der Waals surface area contributed by atoms with Crippen LogP contribution >= 0.6 is 0 Å². The topological polar surface area (TPSA) is 41.5 Å². The number of hydrogen-bond acceptors (Lipinski definition) is 3. The van der Waals surface area contributed by atoms with E-state index in [-0.39, 0.29) is 12.1 Å². The van der Waals surface area contributed by atoms with Gasteiger partial charge in [-0.3, -0.25) is 0 Å². The van der Waals surface area contributed by atoms with Gasteiger partial charge in [0, 0.05) is 6.61 Å². The van der Waals surface area contributed by atoms with E-state index in [1.54, 1.807) is 0 Å². The predicted molar refractivity (Wildman–Crippen MR) is 52.7 cm³/mol. The molecule has 0 heterocycles. The molecule has 1 saturated carbocycles. The van der Waals surface area contributed by atoms with Crippen LogP contribution in [-0.2, 0) is 4.74 Å². The Hall–Kier alpha value is -0.120. The maximum atomic E-state index is 9.15. The van der Waals surface area contributed by atoms with Crippen molar-refractivity contribution >= 4 is 0 Å². The fourth-order valence-electron chi connectivity index (χ4n) is 1.31. The number of likely N-dealkylation sites (N-methyl/N-ethyl adjacent to an activating group) is 1. The van der Waals surface area contributed by atoms with Crippen LogP contribution in [0.3, 0.4) is 0 Å². The van der Waals surface area contributed by atoms with Gasteiger partial charge in [-0.05, 0) is 32.2 Å². The summed E-state index contributed by atoms with van der Waals surface area (Å²) in [5.41, 5.74) is -0.260. The lowest BCUT2D eigenvalue weighted by atomic mass is 10.1. The van der Waals surface area contributed by atoms with Gasteiger partial charge in [0.05, 0.1) is 18.8 Å². The van der Waals surface area contributed by atoms with Gasteiger partial charge < -0.3 is 15.2 Å². The van der Waals surface area contributed by atoms with Gasteiger partial charge in [-0.25, -0.2) is 0 Å². The van der Waals surface area contributed by atoms with E-state index in [0.717, 1.165) is 19.1 Å². The minimum absolute atomic E-state index is 0.130. The molecule has 0 aromatic rings. The standard InChI is InChI=1S/C10H21NO2/c1-3-11-10(2,7-12)8-13-6-9-4-5-9/h9,11-12H,3-8H2,1-2H3. The smallest absolute Gasteiger partial charge is 0.0668 e. The normalized spacial score (nSPS) is 21.5. The van der Waals surface area contributed by atoms with Crippen LogP contribution in [0.1, 0.15) is 26.7 Å². The monoisotopic (exact) mass is 187 g/mol. The van der Waals surface area contributed by atoms with Gasteiger partial charge in [0.2, 0.25) is 0 Å². The van der Waals surface area contributed by atoms with Crippen molar-refractivity contribution in [3.63, 3.8) is 0 Å². The van der Waals surface area contributed by atoms with Gasteiger partial charge in [-0.15, -0.1) is 0 Å². The molecule has 0 radical (unpaired) electrons. The van der Waals surface area contributed by atoms with Crippen molar-refractivity contribution in [1.82, 2.24) is 5.32 Å². The Morgan fingerprint density at radius 3 is 2.69 bits per heavy atom. The highest BCUT2D eigenvalue weighted by Gasteiger charge is 2.25. The molecule has 1 aliphatic carbocycles. The average Bonchev–Trinajstić information content (AvgIpc) is 2.89. The summed E-state index contributed by atoms with van der Waals surface area (Å²) in [4.78, 5) is 0. The summed E-state index contributed by atoms with van der Waals surface area (Å²) in [5.74, 6) is 0.796. The summed E-state index contributed by atoms with van der Waals surface area (Å²) < 4.78 is 5.54. The number of aliphatic hydroxyl groups excluding tert-OH is 1. The highest BCUT2D eigenvalue weighted by molar-refractivity contribution is 4.82. The van der Waals surface area contributed by atoms with Crippen molar-refractivity contribution in [2.75, 3.05) is 26.4 Å². The fraction of sp³-hybridized carbons (Fsp3) is 1.00. The SMILES string of the molecule is CCNC(C)(CO)COCC1CC1. The summed E-state index contributed by atoms with van der Waals surface area (Å²) >= 11 is 0. The van der Waals surface area contributed by atoms with Gasteiger partial charge in [0.15, 0.2) is 0 Å². The number of aliphatic hydroxyl groups is 1. The minimum atomic E-state index is -0.260. The van der Waals surface area contributed by atoms with E-state index in [0.29, 0.717) is 6.61 Å². The molecule has 3 nitrogen and oxygen atoms in total. The van der Waals surface area contributed by atoms with E-state index in [1.807, 2.05) is 13.8 Å². The highest BCUT2D eigenvalue weighted by atomic mass is 16.5. The van der Waals surface area contributed by atoms with Crippen LogP contribution in [0.5, 0.6) is 0 Å². The van der Waals surface area contributed by atoms with E-state index < -0.39 is 0 Å². The van der Waals surface area contributed by atoms with Crippen LogP contribution < -0.4 is 5.32 Å². The molecule has 1 rings (SSSR count). The Bertz CT molecular complexity index is 148. The van der Waals surface area contributed by atoms with Crippen molar-refractivity contribution in [1.29, 1.82) is 0 Å². The van der Waals surface area contributed by atoms with Gasteiger partial charge in [0.1, 0.15) is 0 Å². The molecule has 0 spiro atoms. The first-order valence-corrected chi connectivity index (χ1v) is 5.14. The molecule has 1 unspecified atom stereocenters. The molecule has 13 heavy (non-hydrogen) atoms. The Morgan fingerprint density at radius 2 is 2.23 bits per heavy atom. The first kappa shape index (κ1) is 11.0. The summed E-state index contributed by atoms with van der Waals surface area (Å²) in [6, 6.07) is 0. The van der Waals surface area contributed by atoms with Crippen LogP contribution in [0.15, 0.2) is 0 Å². The first-order valence-electron chi connectivity index (χ1n) is 5.14. The molecule has 2 N–H and O–H groups in total. The quantitative estimate of drug-likeness (QED) is 0.618. The zero-order chi connectivity index (χ0) is 9.73. The third-order valence-corrected chi connectivity index (χ3v) is 2.42. The molecule has 1 fully saturated rings. The van der Waals surface area contributed by atoms with E-state index in [1.165, 1.54) is 12.8 Å². The second-order valence-corrected chi connectivity index (χ2v) is 4.21. The largest absolute Gasteiger partial charge is 0.394 e. The zero-order valence-corrected chi connectivity index (χ0v) is 8.68. The van der Waals surface area contributed by atoms with E-state index >= 15 is 0 Å². The number of hydrogen-bond donors (Lipinski definition) is 2. The van der Waals surface area contributed by atoms with Crippen molar-refractivity contribution in [3.05, 3.63) is 0 Å². The lowest BCUT2D eigenvalue weighted by Crippen LogP contribution is -2.49. The highest BCUT2D eigenvalue weighted by Crippen LogP contribution is 2.28. The number of nitrogens with one attached hydrogen (secondary N) is 1. The molecule has 78 valence electrons. The molecule has 1 atom stereocenters. The van der Waals surface area contributed by atoms with Crippen molar-refractivity contribution in [3.8, 4) is 0 Å². The van der Waals surface area contributed by atoms with Crippen LogP contribution in [0, 0.1) is 5.92 Å². The summed E-state index contributed by atoms with van der Waals surface area (Å²) in [7, 11) is 0. The summed E-state index contributed by atoms with van der Waals surface area (Å²) in [6.07, 6.45) is 2.63. The molecule has 0 bridgehead atoms. The molecule has 0 saturated heterocycles. The molecule has 0 aliphatic heterocycles. The van der Waals surface area contributed by atoms with E-state index in [9.17, 15) is 0 Å². The van der Waals surface area contributed by atoms with Crippen LogP contribution in [-0.4, -0.2) is 37.0 Å². The zero-order valence-electron chi connectivity index (χ0n) is 8.68. The number of ether oxygens (including phenoxy) is 1. The maximum absolute atomic E-state index is 9.15. The Labute approximate surface area is 80.5 Å². The van der Waals surface area contributed by atoms with Crippen molar-refractivity contribution in [2.24, 2.45) is 5.92 Å². The molecule has 0 aromatic heterocycles. The third-order valence-electron chi connectivity index (χ3n) is 2.42. The van der Waals surface area contributed by atoms with Gasteiger partial charge in [-0.2, -0.15) is 0 Å². The van der Waals surface area contributed by atoms with Crippen molar-refractivity contribution < 1.29 is 9.84 Å². The Kier molecular flexibility index (Phi) is 4.16. The van der Waals surface area contributed by atoms with Gasteiger partial charge >= 0.3 is 0 Å². The second-order valence-electron chi connectivity index (χ2n) is 4.21. The fourth-order valence-corrected chi connectivity index (χ4v) is 1.31. The molecular formula is C10H21NO2. The van der Waals surface area contributed by atoms with Crippen molar-refractivity contribution in [2.45, 2.75) is 32.2 Å². The Balaban J connectivity index is 2.12. The second kappa shape index (κ2) is 4.94. The maximum Gasteiger partial charge on any atom is 0.0668 e.